The van der Waals surface area contributed by atoms with E-state index in [2.05, 4.69) is 5.32 Å². The van der Waals surface area contributed by atoms with Crippen molar-refractivity contribution in [3.8, 4) is 11.5 Å². The number of carbonyl (C=O) groups is 2. The molecule has 33 heavy (non-hydrogen) atoms. The summed E-state index contributed by atoms with van der Waals surface area (Å²) in [6.07, 6.45) is 0. The van der Waals surface area contributed by atoms with Crippen molar-refractivity contribution in [2.45, 2.75) is 6.54 Å². The van der Waals surface area contributed by atoms with Crippen molar-refractivity contribution in [3.05, 3.63) is 95.2 Å². The number of benzene rings is 3. The molecule has 0 aromatic heterocycles. The van der Waals surface area contributed by atoms with Crippen LogP contribution in [0.1, 0.15) is 11.1 Å². The van der Waals surface area contributed by atoms with Crippen LogP contribution in [0.25, 0.3) is 5.57 Å². The van der Waals surface area contributed by atoms with E-state index in [4.69, 9.17) is 9.47 Å². The number of nitrogens with zero attached hydrogens (tertiary/aromatic N) is 1. The average molecular weight is 450 g/mol. The molecule has 0 atom stereocenters. The van der Waals surface area contributed by atoms with Gasteiger partial charge in [-0.05, 0) is 47.5 Å². The number of rotatable bonds is 7. The summed E-state index contributed by atoms with van der Waals surface area (Å²) in [4.78, 5) is 27.7. The molecule has 0 radical (unpaired) electrons. The first-order chi connectivity index (χ1) is 15.9. The molecule has 0 saturated carbocycles. The minimum atomic E-state index is -1.07. The Hall–Kier alpha value is -4.20. The summed E-state index contributed by atoms with van der Waals surface area (Å²) < 4.78 is 37.4. The van der Waals surface area contributed by atoms with Crippen molar-refractivity contribution >= 4 is 23.1 Å². The largest absolute Gasteiger partial charge is 0.497 e. The predicted octanol–water partition coefficient (Wildman–Crippen LogP) is 4.37. The fourth-order valence-corrected chi connectivity index (χ4v) is 3.49. The molecule has 2 amide bonds. The van der Waals surface area contributed by atoms with E-state index < -0.39 is 23.4 Å². The van der Waals surface area contributed by atoms with E-state index in [0.717, 1.165) is 22.6 Å². The SMILES string of the molecule is COc1ccc(CN2C(=O)C(Nc3ccc(F)c(F)c3)=C(c3ccc(OC)cc3)C2=O)cc1. The van der Waals surface area contributed by atoms with Crippen LogP contribution in [0.3, 0.4) is 0 Å². The van der Waals surface area contributed by atoms with Gasteiger partial charge in [0.2, 0.25) is 0 Å². The lowest BCUT2D eigenvalue weighted by Gasteiger charge is -2.16. The summed E-state index contributed by atoms with van der Waals surface area (Å²) in [6, 6.07) is 16.8. The summed E-state index contributed by atoms with van der Waals surface area (Å²) in [6.45, 7) is 0.0320. The molecular formula is C25H20F2N2O4. The first-order valence-corrected chi connectivity index (χ1v) is 10.0. The summed E-state index contributed by atoms with van der Waals surface area (Å²) in [5, 5.41) is 2.81. The van der Waals surface area contributed by atoms with Crippen molar-refractivity contribution in [2.24, 2.45) is 0 Å². The van der Waals surface area contributed by atoms with Crippen molar-refractivity contribution in [3.63, 3.8) is 0 Å². The van der Waals surface area contributed by atoms with E-state index >= 15 is 0 Å². The Morgan fingerprint density at radius 2 is 1.39 bits per heavy atom. The quantitative estimate of drug-likeness (QED) is 0.542. The summed E-state index contributed by atoms with van der Waals surface area (Å²) in [5.74, 6) is -1.94. The number of anilines is 1. The Morgan fingerprint density at radius 1 is 0.788 bits per heavy atom. The van der Waals surface area contributed by atoms with Crippen LogP contribution in [0.15, 0.2) is 72.4 Å². The molecule has 1 N–H and O–H groups in total. The van der Waals surface area contributed by atoms with Crippen LogP contribution in [0.5, 0.6) is 11.5 Å². The lowest BCUT2D eigenvalue weighted by molar-refractivity contribution is -0.137. The van der Waals surface area contributed by atoms with Gasteiger partial charge in [-0.25, -0.2) is 8.78 Å². The third-order valence-electron chi connectivity index (χ3n) is 5.24. The van der Waals surface area contributed by atoms with Gasteiger partial charge in [0, 0.05) is 11.8 Å². The second-order valence-corrected chi connectivity index (χ2v) is 7.28. The molecule has 8 heteroatoms. The number of ether oxygens (including phenoxy) is 2. The highest BCUT2D eigenvalue weighted by molar-refractivity contribution is 6.36. The standard InChI is InChI=1S/C25H20F2N2O4/c1-32-18-8-3-15(4-9-18)14-29-24(30)22(16-5-10-19(33-2)11-6-16)23(25(29)31)28-17-7-12-20(26)21(27)13-17/h3-13,28H,14H2,1-2H3. The first-order valence-electron chi connectivity index (χ1n) is 10.0. The summed E-state index contributed by atoms with van der Waals surface area (Å²) in [5.41, 5.74) is 1.45. The number of imide groups is 1. The van der Waals surface area contributed by atoms with Gasteiger partial charge in [-0.3, -0.25) is 14.5 Å². The van der Waals surface area contributed by atoms with Gasteiger partial charge in [0.05, 0.1) is 26.3 Å². The molecule has 0 unspecified atom stereocenters. The molecule has 1 heterocycles. The van der Waals surface area contributed by atoms with Gasteiger partial charge < -0.3 is 14.8 Å². The van der Waals surface area contributed by atoms with Crippen molar-refractivity contribution in [1.29, 1.82) is 0 Å². The molecule has 1 aliphatic rings. The molecule has 1 aliphatic heterocycles. The summed E-state index contributed by atoms with van der Waals surface area (Å²) >= 11 is 0. The van der Waals surface area contributed by atoms with E-state index in [1.54, 1.807) is 55.6 Å². The Labute approximate surface area is 189 Å². The van der Waals surface area contributed by atoms with E-state index in [9.17, 15) is 18.4 Å². The zero-order chi connectivity index (χ0) is 23.5. The topological polar surface area (TPSA) is 67.9 Å². The highest BCUT2D eigenvalue weighted by atomic mass is 19.2. The number of amides is 2. The minimum Gasteiger partial charge on any atom is -0.497 e. The van der Waals surface area contributed by atoms with Gasteiger partial charge in [0.15, 0.2) is 11.6 Å². The fraction of sp³-hybridized carbons (Fsp3) is 0.120. The minimum absolute atomic E-state index is 0.0234. The number of carbonyl (C=O) groups excluding carboxylic acids is 2. The molecule has 3 aromatic rings. The van der Waals surface area contributed by atoms with Crippen LogP contribution in [-0.2, 0) is 16.1 Å². The van der Waals surface area contributed by atoms with Crippen LogP contribution < -0.4 is 14.8 Å². The molecule has 0 fully saturated rings. The fourth-order valence-electron chi connectivity index (χ4n) is 3.49. The second-order valence-electron chi connectivity index (χ2n) is 7.28. The molecule has 0 bridgehead atoms. The highest BCUT2D eigenvalue weighted by Crippen LogP contribution is 2.32. The number of halogens is 2. The lowest BCUT2D eigenvalue weighted by atomic mass is 10.0. The number of hydrogen-bond acceptors (Lipinski definition) is 5. The van der Waals surface area contributed by atoms with E-state index in [-0.39, 0.29) is 23.5 Å². The Kier molecular flexibility index (Phi) is 6.08. The second kappa shape index (κ2) is 9.12. The molecule has 6 nitrogen and oxygen atoms in total. The third kappa shape index (κ3) is 4.41. The Balaban J connectivity index is 1.71. The van der Waals surface area contributed by atoms with Gasteiger partial charge in [-0.1, -0.05) is 24.3 Å². The smallest absolute Gasteiger partial charge is 0.278 e. The number of methoxy groups -OCH3 is 2. The molecular weight excluding hydrogens is 430 g/mol. The molecule has 4 rings (SSSR count). The van der Waals surface area contributed by atoms with Crippen molar-refractivity contribution < 1.29 is 27.8 Å². The van der Waals surface area contributed by atoms with Crippen LogP contribution in [0.2, 0.25) is 0 Å². The zero-order valence-electron chi connectivity index (χ0n) is 17.9. The lowest BCUT2D eigenvalue weighted by Crippen LogP contribution is -2.32. The van der Waals surface area contributed by atoms with Gasteiger partial charge in [-0.15, -0.1) is 0 Å². The number of hydrogen-bond donors (Lipinski definition) is 1. The van der Waals surface area contributed by atoms with Gasteiger partial charge in [-0.2, -0.15) is 0 Å². The van der Waals surface area contributed by atoms with E-state index in [0.29, 0.717) is 17.1 Å². The summed E-state index contributed by atoms with van der Waals surface area (Å²) in [7, 11) is 3.06. The Bertz CT molecular complexity index is 1240. The monoisotopic (exact) mass is 450 g/mol. The molecule has 168 valence electrons. The average Bonchev–Trinajstić information content (AvgIpc) is 3.06. The van der Waals surface area contributed by atoms with Crippen LogP contribution in [-0.4, -0.2) is 30.9 Å². The van der Waals surface area contributed by atoms with E-state index in [1.807, 2.05) is 0 Å². The highest BCUT2D eigenvalue weighted by Gasteiger charge is 2.39. The van der Waals surface area contributed by atoms with Gasteiger partial charge >= 0.3 is 0 Å². The molecule has 0 spiro atoms. The normalized spacial score (nSPS) is 13.5. The van der Waals surface area contributed by atoms with E-state index in [1.165, 1.54) is 13.2 Å². The predicted molar refractivity (Wildman–Crippen MR) is 118 cm³/mol. The van der Waals surface area contributed by atoms with Crippen LogP contribution in [0, 0.1) is 11.6 Å². The zero-order valence-corrected chi connectivity index (χ0v) is 17.9. The molecule has 3 aromatic carbocycles. The third-order valence-corrected chi connectivity index (χ3v) is 5.24. The van der Waals surface area contributed by atoms with Crippen molar-refractivity contribution in [2.75, 3.05) is 19.5 Å². The maximum Gasteiger partial charge on any atom is 0.278 e. The Morgan fingerprint density at radius 3 is 1.97 bits per heavy atom. The van der Waals surface area contributed by atoms with Crippen LogP contribution >= 0.6 is 0 Å². The van der Waals surface area contributed by atoms with Gasteiger partial charge in [0.1, 0.15) is 17.2 Å². The number of nitrogens with one attached hydrogen (secondary N) is 1. The van der Waals surface area contributed by atoms with Crippen molar-refractivity contribution in [1.82, 2.24) is 4.90 Å². The van der Waals surface area contributed by atoms with Crippen LogP contribution in [0.4, 0.5) is 14.5 Å². The first kappa shape index (κ1) is 22.0. The molecule has 0 aliphatic carbocycles. The molecule has 0 saturated heterocycles. The maximum absolute atomic E-state index is 13.7. The van der Waals surface area contributed by atoms with Gasteiger partial charge in [0.25, 0.3) is 11.8 Å². The maximum atomic E-state index is 13.7.